The maximum absolute atomic E-state index is 12.1. The van der Waals surface area contributed by atoms with Crippen molar-refractivity contribution in [3.05, 3.63) is 0 Å². The van der Waals surface area contributed by atoms with Crippen molar-refractivity contribution in [3.63, 3.8) is 0 Å². The van der Waals surface area contributed by atoms with Crippen LogP contribution < -0.4 is 5.32 Å². The number of ether oxygens (including phenoxy) is 1. The van der Waals surface area contributed by atoms with E-state index in [4.69, 9.17) is 9.84 Å². The van der Waals surface area contributed by atoms with E-state index >= 15 is 0 Å². The van der Waals surface area contributed by atoms with Gasteiger partial charge in [-0.2, -0.15) is 0 Å². The highest BCUT2D eigenvalue weighted by atomic mass is 16.5. The zero-order valence-electron chi connectivity index (χ0n) is 10.6. The van der Waals surface area contributed by atoms with E-state index in [1.807, 2.05) is 6.92 Å². The molecule has 6 nitrogen and oxygen atoms in total. The Bertz CT molecular complexity index is 330. The predicted octanol–water partition coefficient (Wildman–Crippen LogP) is 0.670. The van der Waals surface area contributed by atoms with Crippen LogP contribution in [0, 0.1) is 5.92 Å². The number of carbonyl (C=O) groups is 2. The number of likely N-dealkylation sites (N-methyl/N-ethyl adjacent to an activating group) is 1. The highest BCUT2D eigenvalue weighted by Crippen LogP contribution is 2.22. The Morgan fingerprint density at radius 2 is 2.11 bits per heavy atom. The third kappa shape index (κ3) is 2.58. The second-order valence-electron chi connectivity index (χ2n) is 4.91. The Balaban J connectivity index is 1.97. The normalized spacial score (nSPS) is 27.6. The number of hydrogen-bond acceptors (Lipinski definition) is 3. The van der Waals surface area contributed by atoms with Gasteiger partial charge in [0.1, 0.15) is 5.92 Å². The molecule has 1 heterocycles. The largest absolute Gasteiger partial charge is 0.481 e. The molecule has 2 fully saturated rings. The van der Waals surface area contributed by atoms with Crippen LogP contribution in [-0.2, 0) is 9.53 Å². The van der Waals surface area contributed by atoms with E-state index in [1.54, 1.807) is 4.90 Å². The van der Waals surface area contributed by atoms with E-state index in [1.165, 1.54) is 0 Å². The number of nitrogens with zero attached hydrogens (tertiary/aromatic N) is 1. The molecule has 2 amide bonds. The van der Waals surface area contributed by atoms with Gasteiger partial charge in [-0.05, 0) is 26.2 Å². The summed E-state index contributed by atoms with van der Waals surface area (Å²) in [6, 6.07) is -0.256. The quantitative estimate of drug-likeness (QED) is 0.775. The van der Waals surface area contributed by atoms with Gasteiger partial charge in [-0.3, -0.25) is 4.79 Å². The zero-order valence-corrected chi connectivity index (χ0v) is 10.6. The number of carboxylic acid groups (broad SMARTS) is 1. The molecule has 2 atom stereocenters. The number of rotatable bonds is 4. The Hall–Kier alpha value is -1.30. The highest BCUT2D eigenvalue weighted by Gasteiger charge is 2.40. The lowest BCUT2D eigenvalue weighted by molar-refractivity contribution is -0.142. The monoisotopic (exact) mass is 256 g/mol. The molecule has 2 unspecified atom stereocenters. The van der Waals surface area contributed by atoms with Gasteiger partial charge in [-0.15, -0.1) is 0 Å². The van der Waals surface area contributed by atoms with Gasteiger partial charge in [0.15, 0.2) is 0 Å². The molecule has 1 saturated carbocycles. The smallest absolute Gasteiger partial charge is 0.317 e. The van der Waals surface area contributed by atoms with Gasteiger partial charge in [-0.1, -0.05) is 0 Å². The molecule has 2 aliphatic rings. The van der Waals surface area contributed by atoms with Crippen molar-refractivity contribution in [3.8, 4) is 0 Å². The Kier molecular flexibility index (Phi) is 4.06. The number of hydrogen-bond donors (Lipinski definition) is 2. The van der Waals surface area contributed by atoms with Gasteiger partial charge in [0.25, 0.3) is 0 Å². The summed E-state index contributed by atoms with van der Waals surface area (Å²) in [5.41, 5.74) is 0. The molecule has 6 heteroatoms. The van der Waals surface area contributed by atoms with Crippen LogP contribution >= 0.6 is 0 Å². The molecule has 18 heavy (non-hydrogen) atoms. The second-order valence-corrected chi connectivity index (χ2v) is 4.91. The van der Waals surface area contributed by atoms with Crippen LogP contribution in [0.4, 0.5) is 4.79 Å². The highest BCUT2D eigenvalue weighted by molar-refractivity contribution is 5.77. The van der Waals surface area contributed by atoms with Crippen LogP contribution in [0.25, 0.3) is 0 Å². The summed E-state index contributed by atoms with van der Waals surface area (Å²) in [7, 11) is 0. The molecular formula is C12H20N2O4. The Morgan fingerprint density at radius 3 is 2.61 bits per heavy atom. The summed E-state index contributed by atoms with van der Waals surface area (Å²) >= 11 is 0. The fraction of sp³-hybridized carbons (Fsp3) is 0.833. The molecular weight excluding hydrogens is 236 g/mol. The lowest BCUT2D eigenvalue weighted by Crippen LogP contribution is -2.53. The van der Waals surface area contributed by atoms with Crippen molar-refractivity contribution in [1.29, 1.82) is 0 Å². The van der Waals surface area contributed by atoms with Gasteiger partial charge in [0.05, 0.1) is 19.3 Å². The van der Waals surface area contributed by atoms with Gasteiger partial charge >= 0.3 is 12.0 Å². The maximum Gasteiger partial charge on any atom is 0.317 e. The molecule has 102 valence electrons. The van der Waals surface area contributed by atoms with Crippen LogP contribution in [0.1, 0.15) is 26.2 Å². The van der Waals surface area contributed by atoms with E-state index in [9.17, 15) is 9.59 Å². The number of nitrogens with one attached hydrogen (secondary N) is 1. The third-order valence-electron chi connectivity index (χ3n) is 3.80. The summed E-state index contributed by atoms with van der Waals surface area (Å²) < 4.78 is 5.21. The molecule has 1 aliphatic heterocycles. The molecule has 0 aromatic rings. The first-order chi connectivity index (χ1) is 8.63. The summed E-state index contributed by atoms with van der Waals surface area (Å²) in [6.07, 6.45) is 3.20. The molecule has 1 saturated heterocycles. The summed E-state index contributed by atoms with van der Waals surface area (Å²) in [5.74, 6) is -1.51. The van der Waals surface area contributed by atoms with Gasteiger partial charge in [0, 0.05) is 12.6 Å². The molecule has 2 rings (SSSR count). The van der Waals surface area contributed by atoms with E-state index in [0.717, 1.165) is 19.3 Å². The first-order valence-electron chi connectivity index (χ1n) is 6.51. The third-order valence-corrected chi connectivity index (χ3v) is 3.80. The average molecular weight is 256 g/mol. The second kappa shape index (κ2) is 5.56. The van der Waals surface area contributed by atoms with Gasteiger partial charge < -0.3 is 20.1 Å². The van der Waals surface area contributed by atoms with Crippen molar-refractivity contribution < 1.29 is 19.4 Å². The summed E-state index contributed by atoms with van der Waals surface area (Å²) in [5, 5.41) is 12.1. The molecule has 0 bridgehead atoms. The number of urea groups is 1. The van der Waals surface area contributed by atoms with Crippen molar-refractivity contribution in [1.82, 2.24) is 10.2 Å². The standard InChI is InChI=1S/C12H20N2O4/c1-2-14(12(17)13-8-4-3-5-8)10-7-18-6-9(10)11(15)16/h8-10H,2-7H2,1H3,(H,13,17)(H,15,16). The van der Waals surface area contributed by atoms with E-state index in [-0.39, 0.29) is 24.7 Å². The Labute approximate surface area is 106 Å². The molecule has 0 aromatic heterocycles. The minimum absolute atomic E-state index is 0.163. The van der Waals surface area contributed by atoms with Crippen LogP contribution in [0.15, 0.2) is 0 Å². The predicted molar refractivity (Wildman–Crippen MR) is 64.3 cm³/mol. The number of carbonyl (C=O) groups excluding carboxylic acids is 1. The lowest BCUT2D eigenvalue weighted by atomic mass is 9.93. The molecule has 0 aromatic carbocycles. The van der Waals surface area contributed by atoms with Crippen molar-refractivity contribution in [2.24, 2.45) is 5.92 Å². The van der Waals surface area contributed by atoms with E-state index in [2.05, 4.69) is 5.32 Å². The van der Waals surface area contributed by atoms with Gasteiger partial charge in [-0.25, -0.2) is 4.79 Å². The first-order valence-corrected chi connectivity index (χ1v) is 6.51. The number of aliphatic carboxylic acids is 1. The SMILES string of the molecule is CCN(C(=O)NC1CCC1)C1COCC1C(=O)O. The topological polar surface area (TPSA) is 78.9 Å². The maximum atomic E-state index is 12.1. The minimum Gasteiger partial charge on any atom is -0.481 e. The zero-order chi connectivity index (χ0) is 13.1. The van der Waals surface area contributed by atoms with Crippen LogP contribution in [0.3, 0.4) is 0 Å². The van der Waals surface area contributed by atoms with Gasteiger partial charge in [0.2, 0.25) is 0 Å². The minimum atomic E-state index is -0.896. The number of amides is 2. The van der Waals surface area contributed by atoms with Crippen molar-refractivity contribution in [2.45, 2.75) is 38.3 Å². The van der Waals surface area contributed by atoms with Crippen LogP contribution in [0.5, 0.6) is 0 Å². The fourth-order valence-corrected chi connectivity index (χ4v) is 2.42. The van der Waals surface area contributed by atoms with Crippen LogP contribution in [0.2, 0.25) is 0 Å². The van der Waals surface area contributed by atoms with Crippen LogP contribution in [-0.4, -0.2) is 53.8 Å². The first kappa shape index (κ1) is 13.1. The fourth-order valence-electron chi connectivity index (χ4n) is 2.42. The van der Waals surface area contributed by atoms with Crippen molar-refractivity contribution >= 4 is 12.0 Å². The van der Waals surface area contributed by atoms with E-state index < -0.39 is 11.9 Å². The molecule has 0 spiro atoms. The lowest BCUT2D eigenvalue weighted by Gasteiger charge is -2.33. The Morgan fingerprint density at radius 1 is 1.39 bits per heavy atom. The number of carboxylic acids is 1. The summed E-state index contributed by atoms with van der Waals surface area (Å²) in [4.78, 5) is 24.8. The summed E-state index contributed by atoms with van der Waals surface area (Å²) in [6.45, 7) is 2.85. The molecule has 1 aliphatic carbocycles. The average Bonchev–Trinajstić information content (AvgIpc) is 2.73. The van der Waals surface area contributed by atoms with E-state index in [0.29, 0.717) is 13.2 Å². The van der Waals surface area contributed by atoms with Crippen molar-refractivity contribution in [2.75, 3.05) is 19.8 Å². The molecule has 0 radical (unpaired) electrons. The molecule has 2 N–H and O–H groups in total.